The Morgan fingerprint density at radius 1 is 0.769 bits per heavy atom. The second kappa shape index (κ2) is 6.80. The number of hydrogen-bond acceptors (Lipinski definition) is 3. The number of rotatable bonds is 2. The summed E-state index contributed by atoms with van der Waals surface area (Å²) < 4.78 is 7.14. The molecule has 0 spiro atoms. The largest absolute Gasteiger partial charge is 0.416 e. The minimum Gasteiger partial charge on any atom is -0.416 e. The zero-order valence-electron chi connectivity index (χ0n) is 16.2. The van der Waals surface area contributed by atoms with Gasteiger partial charge in [0.05, 0.1) is 5.56 Å². The molecule has 0 saturated carbocycles. The summed E-state index contributed by atoms with van der Waals surface area (Å²) in [6, 6.07) is 14.7. The average Bonchev–Trinajstić information content (AvgIpc) is 3.03. The third-order valence-electron chi connectivity index (χ3n) is 4.44. The molecule has 0 aliphatic carbocycles. The van der Waals surface area contributed by atoms with Gasteiger partial charge in [-0.1, -0.05) is 59.7 Å². The van der Waals surface area contributed by atoms with E-state index in [2.05, 4.69) is 92.5 Å². The SMILES string of the molecule is CC(C)(C)c1cc(-c2nnc(-c3ccccc3I)o2)cc(C(C)(C)C)c1. The summed E-state index contributed by atoms with van der Waals surface area (Å²) in [7, 11) is 0. The Hall–Kier alpha value is -1.69. The highest BCUT2D eigenvalue weighted by atomic mass is 127. The Labute approximate surface area is 169 Å². The first-order chi connectivity index (χ1) is 12.1. The van der Waals surface area contributed by atoms with Gasteiger partial charge in [0.1, 0.15) is 0 Å². The summed E-state index contributed by atoms with van der Waals surface area (Å²) in [6.45, 7) is 13.4. The molecule has 0 aliphatic rings. The summed E-state index contributed by atoms with van der Waals surface area (Å²) in [5.41, 5.74) is 4.59. The van der Waals surface area contributed by atoms with Crippen LogP contribution in [0.5, 0.6) is 0 Å². The van der Waals surface area contributed by atoms with E-state index in [-0.39, 0.29) is 10.8 Å². The van der Waals surface area contributed by atoms with Crippen molar-refractivity contribution in [1.29, 1.82) is 0 Å². The molecule has 1 heterocycles. The van der Waals surface area contributed by atoms with Gasteiger partial charge in [0.15, 0.2) is 0 Å². The van der Waals surface area contributed by atoms with Crippen LogP contribution < -0.4 is 0 Å². The fourth-order valence-corrected chi connectivity index (χ4v) is 3.32. The lowest BCUT2D eigenvalue weighted by Crippen LogP contribution is -2.16. The number of aromatic nitrogens is 2. The van der Waals surface area contributed by atoms with Gasteiger partial charge in [-0.15, -0.1) is 10.2 Å². The Morgan fingerprint density at radius 3 is 1.85 bits per heavy atom. The molecule has 3 aromatic rings. The molecule has 4 heteroatoms. The Balaban J connectivity index is 2.11. The topological polar surface area (TPSA) is 38.9 Å². The van der Waals surface area contributed by atoms with Crippen LogP contribution in [-0.4, -0.2) is 10.2 Å². The maximum atomic E-state index is 6.04. The molecule has 0 radical (unpaired) electrons. The Bertz CT molecular complexity index is 898. The van der Waals surface area contributed by atoms with Crippen LogP contribution in [0.4, 0.5) is 0 Å². The maximum absolute atomic E-state index is 6.04. The van der Waals surface area contributed by atoms with Gasteiger partial charge in [0.25, 0.3) is 0 Å². The summed E-state index contributed by atoms with van der Waals surface area (Å²) in [5, 5.41) is 8.62. The second-order valence-electron chi connectivity index (χ2n) is 8.69. The van der Waals surface area contributed by atoms with Crippen molar-refractivity contribution in [1.82, 2.24) is 10.2 Å². The summed E-state index contributed by atoms with van der Waals surface area (Å²) >= 11 is 2.29. The van der Waals surface area contributed by atoms with Crippen LogP contribution in [0.2, 0.25) is 0 Å². The number of hydrogen-bond donors (Lipinski definition) is 0. The van der Waals surface area contributed by atoms with Gasteiger partial charge in [0.2, 0.25) is 11.8 Å². The fraction of sp³-hybridized carbons (Fsp3) is 0.364. The smallest absolute Gasteiger partial charge is 0.249 e. The van der Waals surface area contributed by atoms with Gasteiger partial charge < -0.3 is 4.42 Å². The first-order valence-electron chi connectivity index (χ1n) is 8.80. The van der Waals surface area contributed by atoms with Gasteiger partial charge in [-0.05, 0) is 68.8 Å². The molecular weight excluding hydrogens is 435 g/mol. The fourth-order valence-electron chi connectivity index (χ4n) is 2.70. The van der Waals surface area contributed by atoms with Crippen molar-refractivity contribution in [3.05, 3.63) is 57.2 Å². The summed E-state index contributed by atoms with van der Waals surface area (Å²) in [6.07, 6.45) is 0. The average molecular weight is 460 g/mol. The molecule has 0 saturated heterocycles. The van der Waals surface area contributed by atoms with Gasteiger partial charge >= 0.3 is 0 Å². The van der Waals surface area contributed by atoms with E-state index in [1.165, 1.54) is 11.1 Å². The predicted molar refractivity (Wildman–Crippen MR) is 115 cm³/mol. The van der Waals surface area contributed by atoms with Crippen molar-refractivity contribution in [3.8, 4) is 22.9 Å². The van der Waals surface area contributed by atoms with Crippen molar-refractivity contribution in [2.45, 2.75) is 52.4 Å². The van der Waals surface area contributed by atoms with Gasteiger partial charge in [-0.2, -0.15) is 0 Å². The maximum Gasteiger partial charge on any atom is 0.249 e. The van der Waals surface area contributed by atoms with Crippen molar-refractivity contribution in [2.24, 2.45) is 0 Å². The normalized spacial score (nSPS) is 12.4. The molecule has 0 amide bonds. The van der Waals surface area contributed by atoms with E-state index < -0.39 is 0 Å². The van der Waals surface area contributed by atoms with E-state index in [0.29, 0.717) is 11.8 Å². The number of nitrogens with zero attached hydrogens (tertiary/aromatic N) is 2. The minimum absolute atomic E-state index is 0.0493. The monoisotopic (exact) mass is 460 g/mol. The van der Waals surface area contributed by atoms with E-state index in [1.54, 1.807) is 0 Å². The molecule has 0 aliphatic heterocycles. The lowest BCUT2D eigenvalue weighted by atomic mass is 9.79. The minimum atomic E-state index is 0.0493. The lowest BCUT2D eigenvalue weighted by Gasteiger charge is -2.25. The van der Waals surface area contributed by atoms with E-state index in [9.17, 15) is 0 Å². The third kappa shape index (κ3) is 4.00. The lowest BCUT2D eigenvalue weighted by molar-refractivity contribution is 0.564. The van der Waals surface area contributed by atoms with Crippen LogP contribution in [0, 0.1) is 3.57 Å². The van der Waals surface area contributed by atoms with Gasteiger partial charge in [0, 0.05) is 9.13 Å². The molecule has 3 rings (SSSR count). The standard InChI is InChI=1S/C22H25IN2O/c1-21(2,3)15-11-14(12-16(13-15)22(4,5)6)19-24-25-20(26-19)17-9-7-8-10-18(17)23/h7-13H,1-6H3. The molecule has 136 valence electrons. The van der Waals surface area contributed by atoms with E-state index in [1.807, 2.05) is 24.3 Å². The molecule has 26 heavy (non-hydrogen) atoms. The highest BCUT2D eigenvalue weighted by Crippen LogP contribution is 2.34. The first-order valence-corrected chi connectivity index (χ1v) is 9.88. The molecule has 3 nitrogen and oxygen atoms in total. The molecule has 0 unspecified atom stereocenters. The Kier molecular flexibility index (Phi) is 4.99. The molecule has 0 atom stereocenters. The highest BCUT2D eigenvalue weighted by molar-refractivity contribution is 14.1. The quantitative estimate of drug-likeness (QED) is 0.405. The zero-order chi connectivity index (χ0) is 19.1. The number of halogens is 1. The van der Waals surface area contributed by atoms with Crippen LogP contribution in [-0.2, 0) is 10.8 Å². The molecular formula is C22H25IN2O. The molecule has 0 fully saturated rings. The first kappa shape index (κ1) is 19.1. The molecule has 1 aromatic heterocycles. The van der Waals surface area contributed by atoms with Crippen molar-refractivity contribution in [2.75, 3.05) is 0 Å². The van der Waals surface area contributed by atoms with Crippen LogP contribution in [0.3, 0.4) is 0 Å². The van der Waals surface area contributed by atoms with Gasteiger partial charge in [-0.3, -0.25) is 0 Å². The second-order valence-corrected chi connectivity index (χ2v) is 9.85. The summed E-state index contributed by atoms with van der Waals surface area (Å²) in [4.78, 5) is 0. The van der Waals surface area contributed by atoms with Crippen molar-refractivity contribution >= 4 is 22.6 Å². The molecule has 0 bridgehead atoms. The van der Waals surface area contributed by atoms with E-state index in [4.69, 9.17) is 4.42 Å². The van der Waals surface area contributed by atoms with Crippen molar-refractivity contribution in [3.63, 3.8) is 0 Å². The van der Waals surface area contributed by atoms with Crippen LogP contribution in [0.1, 0.15) is 52.7 Å². The van der Waals surface area contributed by atoms with Crippen LogP contribution in [0.15, 0.2) is 46.9 Å². The Morgan fingerprint density at radius 2 is 1.31 bits per heavy atom. The van der Waals surface area contributed by atoms with E-state index >= 15 is 0 Å². The number of benzene rings is 2. The van der Waals surface area contributed by atoms with Crippen LogP contribution >= 0.6 is 22.6 Å². The summed E-state index contributed by atoms with van der Waals surface area (Å²) in [5.74, 6) is 1.12. The zero-order valence-corrected chi connectivity index (χ0v) is 18.4. The predicted octanol–water partition coefficient (Wildman–Crippen LogP) is 6.60. The van der Waals surface area contributed by atoms with Gasteiger partial charge in [-0.25, -0.2) is 0 Å². The molecule has 2 aromatic carbocycles. The van der Waals surface area contributed by atoms with Crippen LogP contribution in [0.25, 0.3) is 22.9 Å². The highest BCUT2D eigenvalue weighted by Gasteiger charge is 2.22. The third-order valence-corrected chi connectivity index (χ3v) is 5.38. The molecule has 0 N–H and O–H groups in total. The van der Waals surface area contributed by atoms with Crippen molar-refractivity contribution < 1.29 is 4.42 Å². The van der Waals surface area contributed by atoms with E-state index in [0.717, 1.165) is 14.7 Å².